The lowest BCUT2D eigenvalue weighted by molar-refractivity contribution is 0.0553. The Hall–Kier alpha value is -0.120. The number of nitrogens with zero attached hydrogens (tertiary/aromatic N) is 1. The van der Waals surface area contributed by atoms with E-state index in [1.54, 1.807) is 0 Å². The van der Waals surface area contributed by atoms with Crippen LogP contribution in [0.5, 0.6) is 0 Å². The monoisotopic (exact) mass is 228 g/mol. The molecule has 3 heteroatoms. The van der Waals surface area contributed by atoms with E-state index in [0.717, 1.165) is 19.0 Å². The summed E-state index contributed by atoms with van der Waals surface area (Å²) in [6.07, 6.45) is 3.83. The second-order valence-corrected chi connectivity index (χ2v) is 5.48. The summed E-state index contributed by atoms with van der Waals surface area (Å²) < 4.78 is 0. The van der Waals surface area contributed by atoms with Gasteiger partial charge in [-0.1, -0.05) is 27.2 Å². The first-order valence-electron chi connectivity index (χ1n) is 6.70. The van der Waals surface area contributed by atoms with E-state index in [0.29, 0.717) is 5.92 Å². The Bertz CT molecular complexity index is 196. The first-order valence-corrected chi connectivity index (χ1v) is 6.70. The maximum atomic E-state index is 9.53. The van der Waals surface area contributed by atoms with Gasteiger partial charge in [-0.25, -0.2) is 0 Å². The predicted molar refractivity (Wildman–Crippen MR) is 68.3 cm³/mol. The van der Waals surface area contributed by atoms with Crippen molar-refractivity contribution in [3.63, 3.8) is 0 Å². The van der Waals surface area contributed by atoms with Gasteiger partial charge in [0.15, 0.2) is 0 Å². The molecule has 1 saturated heterocycles. The molecule has 1 rings (SSSR count). The molecule has 1 aliphatic heterocycles. The average Bonchev–Trinajstić information content (AvgIpc) is 2.30. The van der Waals surface area contributed by atoms with Crippen LogP contribution in [0.15, 0.2) is 0 Å². The molecule has 0 amide bonds. The van der Waals surface area contributed by atoms with Crippen LogP contribution in [0.1, 0.15) is 40.0 Å². The molecule has 0 aromatic rings. The third kappa shape index (κ3) is 3.44. The largest absolute Gasteiger partial charge is 0.395 e. The van der Waals surface area contributed by atoms with E-state index in [4.69, 9.17) is 5.73 Å². The van der Waals surface area contributed by atoms with Gasteiger partial charge in [-0.3, -0.25) is 4.90 Å². The van der Waals surface area contributed by atoms with Gasteiger partial charge in [-0.2, -0.15) is 0 Å². The number of aliphatic hydroxyl groups is 1. The fraction of sp³-hybridized carbons (Fsp3) is 1.00. The zero-order valence-electron chi connectivity index (χ0n) is 11.0. The molecule has 0 bridgehead atoms. The van der Waals surface area contributed by atoms with E-state index < -0.39 is 0 Å². The highest BCUT2D eigenvalue weighted by Gasteiger charge is 2.29. The Morgan fingerprint density at radius 2 is 2.12 bits per heavy atom. The van der Waals surface area contributed by atoms with Gasteiger partial charge in [0.25, 0.3) is 0 Å². The van der Waals surface area contributed by atoms with Gasteiger partial charge in [-0.15, -0.1) is 0 Å². The lowest BCUT2D eigenvalue weighted by Gasteiger charge is -2.40. The van der Waals surface area contributed by atoms with Gasteiger partial charge in [0.1, 0.15) is 0 Å². The quantitative estimate of drug-likeness (QED) is 0.749. The van der Waals surface area contributed by atoms with Crippen LogP contribution in [0.25, 0.3) is 0 Å². The number of aliphatic hydroxyl groups excluding tert-OH is 1. The van der Waals surface area contributed by atoms with Crippen LogP contribution < -0.4 is 5.73 Å². The summed E-state index contributed by atoms with van der Waals surface area (Å²) in [5.41, 5.74) is 6.19. The van der Waals surface area contributed by atoms with Gasteiger partial charge in [-0.05, 0) is 31.2 Å². The highest BCUT2D eigenvalue weighted by molar-refractivity contribution is 4.86. The van der Waals surface area contributed by atoms with Gasteiger partial charge in [0.2, 0.25) is 0 Å². The van der Waals surface area contributed by atoms with Crippen molar-refractivity contribution < 1.29 is 5.11 Å². The molecule has 3 atom stereocenters. The van der Waals surface area contributed by atoms with Crippen molar-refractivity contribution in [1.82, 2.24) is 4.90 Å². The molecule has 0 radical (unpaired) electrons. The minimum Gasteiger partial charge on any atom is -0.395 e. The van der Waals surface area contributed by atoms with Crippen LogP contribution in [-0.2, 0) is 0 Å². The lowest BCUT2D eigenvalue weighted by atomic mass is 9.90. The molecule has 96 valence electrons. The summed E-state index contributed by atoms with van der Waals surface area (Å²) in [6, 6.07) is 0.231. The number of hydrogen-bond acceptors (Lipinski definition) is 3. The summed E-state index contributed by atoms with van der Waals surface area (Å²) in [5, 5.41) is 9.53. The molecule has 16 heavy (non-hydrogen) atoms. The van der Waals surface area contributed by atoms with Gasteiger partial charge in [0, 0.05) is 18.6 Å². The van der Waals surface area contributed by atoms with E-state index in [-0.39, 0.29) is 18.7 Å². The maximum Gasteiger partial charge on any atom is 0.0602 e. The van der Waals surface area contributed by atoms with Crippen LogP contribution in [0.4, 0.5) is 0 Å². The Kier molecular flexibility index (Phi) is 5.73. The number of nitrogens with two attached hydrogens (primary N) is 1. The molecule has 0 spiro atoms. The van der Waals surface area contributed by atoms with Crippen molar-refractivity contribution in [3.8, 4) is 0 Å². The summed E-state index contributed by atoms with van der Waals surface area (Å²) in [5.74, 6) is 1.22. The molecule has 1 fully saturated rings. The molecule has 0 aromatic carbocycles. The minimum absolute atomic E-state index is 0.0839. The molecule has 1 aliphatic rings. The van der Waals surface area contributed by atoms with E-state index in [9.17, 15) is 5.11 Å². The molecule has 0 aliphatic carbocycles. The summed E-state index contributed by atoms with van der Waals surface area (Å²) in [4.78, 5) is 2.41. The van der Waals surface area contributed by atoms with E-state index in [2.05, 4.69) is 25.7 Å². The predicted octanol–water partition coefficient (Wildman–Crippen LogP) is 1.45. The van der Waals surface area contributed by atoms with Crippen molar-refractivity contribution in [2.45, 2.75) is 52.1 Å². The smallest absolute Gasteiger partial charge is 0.0602 e. The molecule has 0 aromatic heterocycles. The number of rotatable bonds is 5. The molecular formula is C13H28N2O. The fourth-order valence-corrected chi connectivity index (χ4v) is 2.66. The fourth-order valence-electron chi connectivity index (χ4n) is 2.66. The highest BCUT2D eigenvalue weighted by atomic mass is 16.3. The number of piperidine rings is 1. The normalized spacial score (nSPS) is 27.0. The maximum absolute atomic E-state index is 9.53. The third-order valence-electron chi connectivity index (χ3n) is 4.00. The molecule has 3 nitrogen and oxygen atoms in total. The minimum atomic E-state index is 0.0839. The third-order valence-corrected chi connectivity index (χ3v) is 4.00. The standard InChI is InChI=1S/C13H28N2O/c1-4-11-6-5-7-15(8-11)12(9-16)13(14)10(2)3/h10-13,16H,4-9,14H2,1-3H3. The first-order chi connectivity index (χ1) is 7.60. The van der Waals surface area contributed by atoms with E-state index >= 15 is 0 Å². The van der Waals surface area contributed by atoms with Crippen LogP contribution in [0, 0.1) is 11.8 Å². The van der Waals surface area contributed by atoms with Crippen molar-refractivity contribution in [3.05, 3.63) is 0 Å². The molecule has 1 heterocycles. The van der Waals surface area contributed by atoms with Crippen LogP contribution in [-0.4, -0.2) is 41.8 Å². The van der Waals surface area contributed by atoms with E-state index in [1.165, 1.54) is 19.3 Å². The zero-order valence-corrected chi connectivity index (χ0v) is 11.0. The summed E-state index contributed by atoms with van der Waals surface area (Å²) in [6.45, 7) is 8.92. The highest BCUT2D eigenvalue weighted by Crippen LogP contribution is 2.22. The zero-order chi connectivity index (χ0) is 12.1. The Balaban J connectivity index is 2.58. The van der Waals surface area contributed by atoms with Crippen LogP contribution >= 0.6 is 0 Å². The molecule has 3 unspecified atom stereocenters. The SMILES string of the molecule is CCC1CCCN(C(CO)C(N)C(C)C)C1. The first kappa shape index (κ1) is 13.9. The van der Waals surface area contributed by atoms with Crippen LogP contribution in [0.2, 0.25) is 0 Å². The Morgan fingerprint density at radius 1 is 1.44 bits per heavy atom. The van der Waals surface area contributed by atoms with E-state index in [1.807, 2.05) is 0 Å². The Morgan fingerprint density at radius 3 is 2.62 bits per heavy atom. The van der Waals surface area contributed by atoms with Gasteiger partial charge >= 0.3 is 0 Å². The van der Waals surface area contributed by atoms with Crippen molar-refractivity contribution in [2.24, 2.45) is 17.6 Å². The number of likely N-dealkylation sites (tertiary alicyclic amines) is 1. The second kappa shape index (κ2) is 6.58. The summed E-state index contributed by atoms with van der Waals surface area (Å²) in [7, 11) is 0. The van der Waals surface area contributed by atoms with Crippen molar-refractivity contribution >= 4 is 0 Å². The Labute approximate surface area is 100 Å². The van der Waals surface area contributed by atoms with Gasteiger partial charge < -0.3 is 10.8 Å². The molecular weight excluding hydrogens is 200 g/mol. The average molecular weight is 228 g/mol. The molecule has 0 saturated carbocycles. The topological polar surface area (TPSA) is 49.5 Å². The molecule has 3 N–H and O–H groups in total. The van der Waals surface area contributed by atoms with Gasteiger partial charge in [0.05, 0.1) is 6.61 Å². The van der Waals surface area contributed by atoms with Crippen molar-refractivity contribution in [1.29, 1.82) is 0 Å². The lowest BCUT2D eigenvalue weighted by Crippen LogP contribution is -2.55. The van der Waals surface area contributed by atoms with Crippen LogP contribution in [0.3, 0.4) is 0 Å². The second-order valence-electron chi connectivity index (χ2n) is 5.48. The number of hydrogen-bond donors (Lipinski definition) is 2. The summed E-state index contributed by atoms with van der Waals surface area (Å²) >= 11 is 0. The van der Waals surface area contributed by atoms with Crippen molar-refractivity contribution in [2.75, 3.05) is 19.7 Å².